The summed E-state index contributed by atoms with van der Waals surface area (Å²) in [6.07, 6.45) is 3.55. The minimum Gasteiger partial charge on any atom is -0.486 e. The van der Waals surface area contributed by atoms with Crippen molar-refractivity contribution in [3.8, 4) is 5.75 Å². The minimum atomic E-state index is 0. The van der Waals surface area contributed by atoms with E-state index in [4.69, 9.17) is 4.74 Å². The number of hydrogen-bond donors (Lipinski definition) is 0. The van der Waals surface area contributed by atoms with E-state index in [1.165, 1.54) is 24.0 Å². The van der Waals surface area contributed by atoms with Crippen molar-refractivity contribution in [3.63, 3.8) is 0 Å². The van der Waals surface area contributed by atoms with E-state index in [1.807, 2.05) is 6.07 Å². The summed E-state index contributed by atoms with van der Waals surface area (Å²) in [5.41, 5.74) is 2.54. The second-order valence-electron chi connectivity index (χ2n) is 4.00. The van der Waals surface area contributed by atoms with Crippen LogP contribution in [0.4, 0.5) is 0 Å². The van der Waals surface area contributed by atoms with Crippen LogP contribution in [-0.2, 0) is 0 Å². The van der Waals surface area contributed by atoms with Gasteiger partial charge in [-0.2, -0.15) is 0 Å². The van der Waals surface area contributed by atoms with Crippen LogP contribution in [0.5, 0.6) is 5.75 Å². The fourth-order valence-corrected chi connectivity index (χ4v) is 1.86. The molecule has 1 rings (SSSR count). The van der Waals surface area contributed by atoms with Crippen LogP contribution in [0, 0.1) is 13.8 Å². The van der Waals surface area contributed by atoms with Crippen molar-refractivity contribution in [2.45, 2.75) is 45.9 Å². The number of halogens is 1. The number of hydrogen-bond acceptors (Lipinski definition) is 1. The summed E-state index contributed by atoms with van der Waals surface area (Å²) < 4.78 is 5.89. The molecule has 0 amide bonds. The van der Waals surface area contributed by atoms with E-state index >= 15 is 0 Å². The molecule has 0 saturated carbocycles. The maximum Gasteiger partial charge on any atom is 0.123 e. The standard InChI is InChI=1S/C13H21OP.BrH/c1-4-5-9-13(15)14-12-8-6-7-10(2)11(12)3;/h6-8,13H,4-5,9,15H2,1-3H3;1H. The summed E-state index contributed by atoms with van der Waals surface area (Å²) in [7, 11) is 2.77. The molecule has 0 aliphatic heterocycles. The molecule has 16 heavy (non-hydrogen) atoms. The van der Waals surface area contributed by atoms with Gasteiger partial charge in [0.25, 0.3) is 0 Å². The monoisotopic (exact) mass is 304 g/mol. The van der Waals surface area contributed by atoms with Crippen molar-refractivity contribution in [2.75, 3.05) is 0 Å². The van der Waals surface area contributed by atoms with Crippen molar-refractivity contribution < 1.29 is 4.74 Å². The number of benzene rings is 1. The molecule has 92 valence electrons. The third-order valence-electron chi connectivity index (χ3n) is 2.68. The van der Waals surface area contributed by atoms with Gasteiger partial charge in [-0.05, 0) is 43.9 Å². The van der Waals surface area contributed by atoms with E-state index in [1.54, 1.807) is 0 Å². The highest BCUT2D eigenvalue weighted by molar-refractivity contribution is 8.93. The lowest BCUT2D eigenvalue weighted by atomic mass is 10.1. The lowest BCUT2D eigenvalue weighted by Gasteiger charge is -2.16. The fraction of sp³-hybridized carbons (Fsp3) is 0.538. The number of aryl methyl sites for hydroxylation is 1. The topological polar surface area (TPSA) is 9.23 Å². The highest BCUT2D eigenvalue weighted by atomic mass is 79.9. The average Bonchev–Trinajstić information content (AvgIpc) is 2.22. The molecule has 0 N–H and O–H groups in total. The zero-order valence-electron chi connectivity index (χ0n) is 10.3. The zero-order valence-corrected chi connectivity index (χ0v) is 13.2. The van der Waals surface area contributed by atoms with Crippen LogP contribution in [0.1, 0.15) is 37.3 Å². The van der Waals surface area contributed by atoms with Gasteiger partial charge in [0.2, 0.25) is 0 Å². The van der Waals surface area contributed by atoms with Crippen molar-refractivity contribution in [1.82, 2.24) is 0 Å². The molecule has 0 aromatic heterocycles. The van der Waals surface area contributed by atoms with E-state index in [-0.39, 0.29) is 22.8 Å². The number of rotatable bonds is 5. The predicted octanol–water partition coefficient (Wildman–Crippen LogP) is 4.65. The molecule has 0 saturated heterocycles. The van der Waals surface area contributed by atoms with Crippen LogP contribution >= 0.6 is 26.2 Å². The molecule has 0 aliphatic carbocycles. The summed E-state index contributed by atoms with van der Waals surface area (Å²) in [4.78, 5) is 0. The van der Waals surface area contributed by atoms with E-state index in [2.05, 4.69) is 42.1 Å². The molecular formula is C13H22BrOP. The van der Waals surface area contributed by atoms with Gasteiger partial charge in [-0.3, -0.25) is 0 Å². The number of ether oxygens (including phenoxy) is 1. The number of unbranched alkanes of at least 4 members (excludes halogenated alkanes) is 1. The van der Waals surface area contributed by atoms with Gasteiger partial charge in [0.05, 0.1) is 0 Å². The van der Waals surface area contributed by atoms with E-state index in [9.17, 15) is 0 Å². The summed E-state index contributed by atoms with van der Waals surface area (Å²) in [5.74, 6) is 1.26. The molecule has 0 spiro atoms. The van der Waals surface area contributed by atoms with Crippen LogP contribution < -0.4 is 4.74 Å². The Balaban J connectivity index is 0.00000225. The van der Waals surface area contributed by atoms with Gasteiger partial charge in [0.15, 0.2) is 0 Å². The zero-order chi connectivity index (χ0) is 11.3. The maximum atomic E-state index is 5.89. The van der Waals surface area contributed by atoms with Crippen molar-refractivity contribution in [3.05, 3.63) is 29.3 Å². The normalized spacial score (nSPS) is 11.8. The maximum absolute atomic E-state index is 5.89. The van der Waals surface area contributed by atoms with Gasteiger partial charge in [-0.15, -0.1) is 17.0 Å². The largest absolute Gasteiger partial charge is 0.486 e. The van der Waals surface area contributed by atoms with Gasteiger partial charge in [0, 0.05) is 0 Å². The van der Waals surface area contributed by atoms with Crippen LogP contribution in [0.3, 0.4) is 0 Å². The summed E-state index contributed by atoms with van der Waals surface area (Å²) >= 11 is 0. The first kappa shape index (κ1) is 15.9. The smallest absolute Gasteiger partial charge is 0.123 e. The SMILES string of the molecule is Br.CCCCC(P)Oc1cccc(C)c1C. The Hall–Kier alpha value is -0.0700. The Morgan fingerprint density at radius 1 is 1.31 bits per heavy atom. The molecule has 0 heterocycles. The molecule has 1 aromatic carbocycles. The average molecular weight is 305 g/mol. The second kappa shape index (κ2) is 8.08. The first-order chi connectivity index (χ1) is 7.15. The molecule has 2 atom stereocenters. The Kier molecular flexibility index (Phi) is 8.05. The second-order valence-corrected chi connectivity index (χ2v) is 4.74. The van der Waals surface area contributed by atoms with Gasteiger partial charge < -0.3 is 4.74 Å². The predicted molar refractivity (Wildman–Crippen MR) is 79.9 cm³/mol. The third-order valence-corrected chi connectivity index (χ3v) is 3.14. The van der Waals surface area contributed by atoms with Crippen LogP contribution in [-0.4, -0.2) is 5.85 Å². The Labute approximate surface area is 112 Å². The van der Waals surface area contributed by atoms with Gasteiger partial charge in [0.1, 0.15) is 11.6 Å². The minimum absolute atomic E-state index is 0. The van der Waals surface area contributed by atoms with Gasteiger partial charge in [-0.1, -0.05) is 34.7 Å². The van der Waals surface area contributed by atoms with Crippen LogP contribution in [0.15, 0.2) is 18.2 Å². The lowest BCUT2D eigenvalue weighted by Crippen LogP contribution is -2.08. The first-order valence-corrected chi connectivity index (χ1v) is 6.30. The van der Waals surface area contributed by atoms with Gasteiger partial charge in [-0.25, -0.2) is 0 Å². The van der Waals surface area contributed by atoms with Crippen molar-refractivity contribution >= 4 is 26.2 Å². The summed E-state index contributed by atoms with van der Waals surface area (Å²) in [6.45, 7) is 6.43. The molecule has 3 heteroatoms. The highest BCUT2D eigenvalue weighted by Crippen LogP contribution is 2.24. The summed E-state index contributed by atoms with van der Waals surface area (Å²) in [5, 5.41) is 0. The first-order valence-electron chi connectivity index (χ1n) is 5.63. The molecule has 0 aliphatic rings. The fourth-order valence-electron chi connectivity index (χ4n) is 1.48. The van der Waals surface area contributed by atoms with Crippen LogP contribution in [0.2, 0.25) is 0 Å². The molecule has 2 unspecified atom stereocenters. The Morgan fingerprint density at radius 3 is 2.62 bits per heavy atom. The Bertz CT molecular complexity index is 315. The van der Waals surface area contributed by atoms with E-state index in [0.29, 0.717) is 0 Å². The molecule has 0 fully saturated rings. The lowest BCUT2D eigenvalue weighted by molar-refractivity contribution is 0.270. The quantitative estimate of drug-likeness (QED) is 0.719. The van der Waals surface area contributed by atoms with Crippen molar-refractivity contribution in [1.29, 1.82) is 0 Å². The van der Waals surface area contributed by atoms with Gasteiger partial charge >= 0.3 is 0 Å². The molecule has 0 radical (unpaired) electrons. The van der Waals surface area contributed by atoms with Crippen molar-refractivity contribution in [2.24, 2.45) is 0 Å². The van der Waals surface area contributed by atoms with Crippen LogP contribution in [0.25, 0.3) is 0 Å². The third kappa shape index (κ3) is 4.84. The summed E-state index contributed by atoms with van der Waals surface area (Å²) in [6, 6.07) is 6.21. The van der Waals surface area contributed by atoms with E-state index < -0.39 is 0 Å². The Morgan fingerprint density at radius 2 is 2.00 bits per heavy atom. The highest BCUT2D eigenvalue weighted by Gasteiger charge is 2.06. The molecular weight excluding hydrogens is 283 g/mol. The molecule has 1 nitrogen and oxygen atoms in total. The molecule has 1 aromatic rings. The molecule has 0 bridgehead atoms. The van der Waals surface area contributed by atoms with E-state index in [0.717, 1.165) is 12.2 Å².